The summed E-state index contributed by atoms with van der Waals surface area (Å²) in [6, 6.07) is 24.3. The van der Waals surface area contributed by atoms with Gasteiger partial charge in [0.1, 0.15) is 11.6 Å². The molecule has 1 aromatic heterocycles. The molecule has 4 rings (SSSR count). The lowest BCUT2D eigenvalue weighted by Gasteiger charge is -2.12. The standard InChI is InChI=1S/C26H28N2O3/c1-29-24-15-14-20(18-25(24)30-2)19-26-27-22-12-6-7-13-23(22)28(26)16-8-9-17-31-21-10-4-3-5-11-21/h3-7,10-15,18H,8-9,16-17,19H2,1-2H3. The maximum absolute atomic E-state index is 5.84. The normalized spacial score (nSPS) is 10.9. The van der Waals surface area contributed by atoms with E-state index in [4.69, 9.17) is 19.2 Å². The molecule has 0 saturated heterocycles. The summed E-state index contributed by atoms with van der Waals surface area (Å²) in [6.45, 7) is 1.61. The minimum absolute atomic E-state index is 0.710. The zero-order chi connectivity index (χ0) is 21.5. The van der Waals surface area contributed by atoms with Crippen LogP contribution in [0.15, 0.2) is 72.8 Å². The highest BCUT2D eigenvalue weighted by molar-refractivity contribution is 5.76. The van der Waals surface area contributed by atoms with Crippen molar-refractivity contribution in [2.75, 3.05) is 20.8 Å². The molecule has 5 nitrogen and oxygen atoms in total. The molecule has 160 valence electrons. The van der Waals surface area contributed by atoms with Crippen LogP contribution in [0, 0.1) is 0 Å². The first-order chi connectivity index (χ1) is 15.3. The Balaban J connectivity index is 1.47. The van der Waals surface area contributed by atoms with E-state index >= 15 is 0 Å². The number of para-hydroxylation sites is 3. The molecule has 0 amide bonds. The second-order valence-electron chi connectivity index (χ2n) is 7.40. The number of benzene rings is 3. The molecule has 0 N–H and O–H groups in total. The van der Waals surface area contributed by atoms with Gasteiger partial charge in [0.15, 0.2) is 11.5 Å². The smallest absolute Gasteiger partial charge is 0.161 e. The lowest BCUT2D eigenvalue weighted by molar-refractivity contribution is 0.303. The van der Waals surface area contributed by atoms with Gasteiger partial charge in [0.2, 0.25) is 0 Å². The summed E-state index contributed by atoms with van der Waals surface area (Å²) in [4.78, 5) is 4.91. The lowest BCUT2D eigenvalue weighted by Crippen LogP contribution is -2.07. The summed E-state index contributed by atoms with van der Waals surface area (Å²) in [7, 11) is 3.31. The lowest BCUT2D eigenvalue weighted by atomic mass is 10.1. The molecule has 0 unspecified atom stereocenters. The number of nitrogens with zero attached hydrogens (tertiary/aromatic N) is 2. The van der Waals surface area contributed by atoms with E-state index in [0.29, 0.717) is 6.61 Å². The quantitative estimate of drug-likeness (QED) is 0.320. The molecule has 0 spiro atoms. The van der Waals surface area contributed by atoms with Gasteiger partial charge in [-0.2, -0.15) is 0 Å². The minimum Gasteiger partial charge on any atom is -0.494 e. The van der Waals surface area contributed by atoms with Crippen LogP contribution in [0.5, 0.6) is 17.2 Å². The molecule has 1 heterocycles. The number of aromatic nitrogens is 2. The number of methoxy groups -OCH3 is 2. The highest BCUT2D eigenvalue weighted by Gasteiger charge is 2.12. The molecule has 0 saturated carbocycles. The van der Waals surface area contributed by atoms with Crippen molar-refractivity contribution in [1.82, 2.24) is 9.55 Å². The van der Waals surface area contributed by atoms with Gasteiger partial charge in [-0.05, 0) is 54.8 Å². The molecule has 0 aliphatic heterocycles. The van der Waals surface area contributed by atoms with Gasteiger partial charge >= 0.3 is 0 Å². The molecule has 0 fully saturated rings. The van der Waals surface area contributed by atoms with Crippen molar-refractivity contribution in [2.24, 2.45) is 0 Å². The van der Waals surface area contributed by atoms with Crippen molar-refractivity contribution in [3.05, 3.63) is 84.2 Å². The van der Waals surface area contributed by atoms with Gasteiger partial charge in [0, 0.05) is 13.0 Å². The molecule has 0 atom stereocenters. The Kier molecular flexibility index (Phi) is 6.72. The number of unbranched alkanes of at least 4 members (excludes halogenated alkanes) is 1. The number of ether oxygens (including phenoxy) is 3. The summed E-state index contributed by atoms with van der Waals surface area (Å²) in [5.74, 6) is 3.45. The first kappa shape index (κ1) is 20.8. The monoisotopic (exact) mass is 416 g/mol. The summed E-state index contributed by atoms with van der Waals surface area (Å²) in [6.07, 6.45) is 2.73. The van der Waals surface area contributed by atoms with Crippen LogP contribution in [0.3, 0.4) is 0 Å². The van der Waals surface area contributed by atoms with E-state index in [9.17, 15) is 0 Å². The average molecular weight is 417 g/mol. The second kappa shape index (κ2) is 10.0. The van der Waals surface area contributed by atoms with Gasteiger partial charge in [-0.1, -0.05) is 36.4 Å². The Morgan fingerprint density at radius 3 is 2.39 bits per heavy atom. The fourth-order valence-corrected chi connectivity index (χ4v) is 3.76. The Morgan fingerprint density at radius 1 is 0.806 bits per heavy atom. The van der Waals surface area contributed by atoms with Crippen LogP contribution in [0.4, 0.5) is 0 Å². The number of aryl methyl sites for hydroxylation is 1. The van der Waals surface area contributed by atoms with Gasteiger partial charge in [0.25, 0.3) is 0 Å². The Morgan fingerprint density at radius 2 is 1.58 bits per heavy atom. The predicted octanol–water partition coefficient (Wildman–Crippen LogP) is 5.50. The Bertz CT molecular complexity index is 1120. The van der Waals surface area contributed by atoms with Gasteiger partial charge < -0.3 is 18.8 Å². The van der Waals surface area contributed by atoms with Crippen LogP contribution < -0.4 is 14.2 Å². The van der Waals surface area contributed by atoms with Gasteiger partial charge in [-0.15, -0.1) is 0 Å². The summed E-state index contributed by atoms with van der Waals surface area (Å²) in [5, 5.41) is 0. The van der Waals surface area contributed by atoms with Crippen molar-refractivity contribution in [2.45, 2.75) is 25.8 Å². The highest BCUT2D eigenvalue weighted by atomic mass is 16.5. The van der Waals surface area contributed by atoms with Gasteiger partial charge in [-0.3, -0.25) is 0 Å². The van der Waals surface area contributed by atoms with E-state index in [2.05, 4.69) is 28.8 Å². The fourth-order valence-electron chi connectivity index (χ4n) is 3.76. The van der Waals surface area contributed by atoms with Crippen LogP contribution in [-0.4, -0.2) is 30.4 Å². The van der Waals surface area contributed by atoms with Crippen molar-refractivity contribution >= 4 is 11.0 Å². The topological polar surface area (TPSA) is 45.5 Å². The Hall–Kier alpha value is -3.47. The van der Waals surface area contributed by atoms with E-state index in [-0.39, 0.29) is 0 Å². The maximum atomic E-state index is 5.84. The number of hydrogen-bond donors (Lipinski definition) is 0. The second-order valence-corrected chi connectivity index (χ2v) is 7.40. The first-order valence-electron chi connectivity index (χ1n) is 10.6. The third-order valence-electron chi connectivity index (χ3n) is 5.33. The van der Waals surface area contributed by atoms with Crippen molar-refractivity contribution in [3.63, 3.8) is 0 Å². The van der Waals surface area contributed by atoms with Crippen LogP contribution in [0.1, 0.15) is 24.2 Å². The largest absolute Gasteiger partial charge is 0.494 e. The number of fused-ring (bicyclic) bond motifs is 1. The van der Waals surface area contributed by atoms with E-state index in [1.54, 1.807) is 14.2 Å². The minimum atomic E-state index is 0.710. The van der Waals surface area contributed by atoms with E-state index in [0.717, 1.165) is 60.0 Å². The molecule has 5 heteroatoms. The van der Waals surface area contributed by atoms with Gasteiger partial charge in [-0.25, -0.2) is 4.98 Å². The predicted molar refractivity (Wildman–Crippen MR) is 123 cm³/mol. The molecule has 0 radical (unpaired) electrons. The zero-order valence-electron chi connectivity index (χ0n) is 18.1. The highest BCUT2D eigenvalue weighted by Crippen LogP contribution is 2.29. The number of imidazole rings is 1. The SMILES string of the molecule is COc1ccc(Cc2nc3ccccc3n2CCCCOc2ccccc2)cc1OC. The third-order valence-corrected chi connectivity index (χ3v) is 5.33. The number of hydrogen-bond acceptors (Lipinski definition) is 4. The van der Waals surface area contributed by atoms with Crippen LogP contribution in [0.2, 0.25) is 0 Å². The van der Waals surface area contributed by atoms with Gasteiger partial charge in [0.05, 0.1) is 31.9 Å². The first-order valence-corrected chi connectivity index (χ1v) is 10.6. The van der Waals surface area contributed by atoms with Crippen LogP contribution >= 0.6 is 0 Å². The average Bonchev–Trinajstić information content (AvgIpc) is 3.16. The molecule has 3 aromatic carbocycles. The van der Waals surface area contributed by atoms with Crippen molar-refractivity contribution < 1.29 is 14.2 Å². The molecular formula is C26H28N2O3. The van der Waals surface area contributed by atoms with Crippen LogP contribution in [0.25, 0.3) is 11.0 Å². The zero-order valence-corrected chi connectivity index (χ0v) is 18.1. The summed E-state index contributed by atoms with van der Waals surface area (Å²) in [5.41, 5.74) is 3.34. The van der Waals surface area contributed by atoms with E-state index in [1.165, 1.54) is 5.52 Å². The summed E-state index contributed by atoms with van der Waals surface area (Å²) < 4.78 is 19.0. The van der Waals surface area contributed by atoms with Crippen molar-refractivity contribution in [3.8, 4) is 17.2 Å². The molecule has 4 aromatic rings. The van der Waals surface area contributed by atoms with Crippen molar-refractivity contribution in [1.29, 1.82) is 0 Å². The Labute approximate surface area is 183 Å². The fraction of sp³-hybridized carbons (Fsp3) is 0.269. The summed E-state index contributed by atoms with van der Waals surface area (Å²) >= 11 is 0. The number of rotatable bonds is 10. The maximum Gasteiger partial charge on any atom is 0.161 e. The third kappa shape index (κ3) is 5.00. The molecule has 0 aliphatic carbocycles. The molecular weight excluding hydrogens is 388 g/mol. The van der Waals surface area contributed by atoms with E-state index < -0.39 is 0 Å². The molecule has 31 heavy (non-hydrogen) atoms. The van der Waals surface area contributed by atoms with Crippen LogP contribution in [-0.2, 0) is 13.0 Å². The molecule has 0 bridgehead atoms. The molecule has 0 aliphatic rings. The van der Waals surface area contributed by atoms with E-state index in [1.807, 2.05) is 48.5 Å².